The first kappa shape index (κ1) is 14.9. The smallest absolute Gasteiger partial charge is 0.211 e. The fraction of sp³-hybridized carbons (Fsp3) is 1.00. The van der Waals surface area contributed by atoms with Crippen LogP contribution in [0.5, 0.6) is 0 Å². The van der Waals surface area contributed by atoms with Gasteiger partial charge in [-0.2, -0.15) is 0 Å². The molecular weight excluding hydrogens is 236 g/mol. The molecule has 2 N–H and O–H groups in total. The van der Waals surface area contributed by atoms with Crippen molar-refractivity contribution < 1.29 is 8.42 Å². The highest BCUT2D eigenvalue weighted by atomic mass is 32.2. The van der Waals surface area contributed by atoms with Gasteiger partial charge >= 0.3 is 0 Å². The van der Waals surface area contributed by atoms with E-state index < -0.39 is 10.0 Å². The highest BCUT2D eigenvalue weighted by molar-refractivity contribution is 7.89. The molecule has 0 bridgehead atoms. The van der Waals surface area contributed by atoms with Crippen molar-refractivity contribution in [1.82, 2.24) is 10.0 Å². The minimum Gasteiger partial charge on any atom is -0.320 e. The summed E-state index contributed by atoms with van der Waals surface area (Å²) in [6.07, 6.45) is 4.69. The Morgan fingerprint density at radius 3 is 2.53 bits per heavy atom. The summed E-state index contributed by atoms with van der Waals surface area (Å²) in [6.45, 7) is 5.29. The van der Waals surface area contributed by atoms with E-state index in [0.29, 0.717) is 5.41 Å². The van der Waals surface area contributed by atoms with Crippen LogP contribution in [0.3, 0.4) is 0 Å². The fourth-order valence-electron chi connectivity index (χ4n) is 2.44. The van der Waals surface area contributed by atoms with Crippen molar-refractivity contribution in [1.29, 1.82) is 0 Å². The van der Waals surface area contributed by atoms with Crippen molar-refractivity contribution >= 4 is 10.0 Å². The van der Waals surface area contributed by atoms with E-state index in [-0.39, 0.29) is 11.8 Å². The Morgan fingerprint density at radius 2 is 2.00 bits per heavy atom. The zero-order valence-electron chi connectivity index (χ0n) is 11.3. The van der Waals surface area contributed by atoms with E-state index in [1.54, 1.807) is 0 Å². The number of unbranched alkanes of at least 4 members (excludes halogenated alkanes) is 1. The molecule has 102 valence electrons. The normalized spacial score (nSPS) is 24.1. The molecule has 0 heterocycles. The lowest BCUT2D eigenvalue weighted by molar-refractivity contribution is 0.372. The first-order valence-corrected chi connectivity index (χ1v) is 8.14. The molecule has 17 heavy (non-hydrogen) atoms. The van der Waals surface area contributed by atoms with Crippen LogP contribution in [0.15, 0.2) is 0 Å². The van der Waals surface area contributed by atoms with E-state index in [2.05, 4.69) is 23.9 Å². The SMILES string of the molecule is CNCCCCS(=O)(=O)NC1CCC(C)(C)C1. The molecule has 0 aromatic rings. The largest absolute Gasteiger partial charge is 0.320 e. The van der Waals surface area contributed by atoms with Gasteiger partial charge in [0, 0.05) is 6.04 Å². The minimum absolute atomic E-state index is 0.152. The summed E-state index contributed by atoms with van der Waals surface area (Å²) in [5.74, 6) is 0.256. The lowest BCUT2D eigenvalue weighted by Gasteiger charge is -2.17. The molecule has 1 fully saturated rings. The monoisotopic (exact) mass is 262 g/mol. The molecule has 1 aliphatic rings. The molecule has 1 aliphatic carbocycles. The van der Waals surface area contributed by atoms with Crippen molar-refractivity contribution in [3.05, 3.63) is 0 Å². The molecule has 5 heteroatoms. The van der Waals surface area contributed by atoms with Gasteiger partial charge in [-0.1, -0.05) is 13.8 Å². The van der Waals surface area contributed by atoms with Crippen LogP contribution in [0.2, 0.25) is 0 Å². The maximum absolute atomic E-state index is 11.8. The second-order valence-electron chi connectivity index (χ2n) is 5.85. The first-order valence-electron chi connectivity index (χ1n) is 6.49. The summed E-state index contributed by atoms with van der Waals surface area (Å²) in [5.41, 5.74) is 0.291. The third-order valence-electron chi connectivity index (χ3n) is 3.40. The standard InChI is InChI=1S/C12H26N2O2S/c1-12(2)7-6-11(10-12)14-17(15,16)9-5-4-8-13-3/h11,13-14H,4-10H2,1-3H3. The Morgan fingerprint density at radius 1 is 1.29 bits per heavy atom. The van der Waals surface area contributed by atoms with Crippen molar-refractivity contribution in [3.63, 3.8) is 0 Å². The summed E-state index contributed by atoms with van der Waals surface area (Å²) >= 11 is 0. The summed E-state index contributed by atoms with van der Waals surface area (Å²) in [4.78, 5) is 0. The van der Waals surface area contributed by atoms with Gasteiger partial charge in [0.2, 0.25) is 10.0 Å². The van der Waals surface area contributed by atoms with Crippen LogP contribution in [0, 0.1) is 5.41 Å². The molecule has 1 saturated carbocycles. The van der Waals surface area contributed by atoms with Gasteiger partial charge in [0.05, 0.1) is 5.75 Å². The van der Waals surface area contributed by atoms with E-state index in [1.165, 1.54) is 0 Å². The van der Waals surface area contributed by atoms with Gasteiger partial charge in [-0.3, -0.25) is 0 Å². The third-order valence-corrected chi connectivity index (χ3v) is 4.92. The predicted molar refractivity (Wildman–Crippen MR) is 71.5 cm³/mol. The third kappa shape index (κ3) is 5.84. The zero-order valence-corrected chi connectivity index (χ0v) is 12.1. The highest BCUT2D eigenvalue weighted by Gasteiger charge is 2.32. The highest BCUT2D eigenvalue weighted by Crippen LogP contribution is 2.37. The second kappa shape index (κ2) is 6.16. The Hall–Kier alpha value is -0.130. The van der Waals surface area contributed by atoms with Crippen LogP contribution in [0.1, 0.15) is 46.0 Å². The lowest BCUT2D eigenvalue weighted by atomic mass is 9.92. The summed E-state index contributed by atoms with van der Waals surface area (Å²) in [5, 5.41) is 3.02. The van der Waals surface area contributed by atoms with Crippen LogP contribution in [0.25, 0.3) is 0 Å². The summed E-state index contributed by atoms with van der Waals surface area (Å²) < 4.78 is 26.5. The fourth-order valence-corrected chi connectivity index (χ4v) is 3.85. The van der Waals surface area contributed by atoms with Gasteiger partial charge in [-0.15, -0.1) is 0 Å². The molecule has 0 amide bonds. The maximum Gasteiger partial charge on any atom is 0.211 e. The van der Waals surface area contributed by atoms with Crippen molar-refractivity contribution in [3.8, 4) is 0 Å². The molecule has 1 unspecified atom stereocenters. The maximum atomic E-state index is 11.8. The topological polar surface area (TPSA) is 58.2 Å². The van der Waals surface area contributed by atoms with Gasteiger partial charge in [0.15, 0.2) is 0 Å². The number of hydrogen-bond donors (Lipinski definition) is 2. The van der Waals surface area contributed by atoms with E-state index in [1.807, 2.05) is 7.05 Å². The minimum atomic E-state index is -3.07. The van der Waals surface area contributed by atoms with E-state index in [0.717, 1.165) is 38.6 Å². The number of nitrogens with one attached hydrogen (secondary N) is 2. The van der Waals surface area contributed by atoms with Crippen molar-refractivity contribution in [2.45, 2.75) is 52.0 Å². The number of rotatable bonds is 7. The van der Waals surface area contributed by atoms with Gasteiger partial charge in [-0.25, -0.2) is 13.1 Å². The molecule has 0 spiro atoms. The second-order valence-corrected chi connectivity index (χ2v) is 7.72. The van der Waals surface area contributed by atoms with Crippen LogP contribution < -0.4 is 10.0 Å². The van der Waals surface area contributed by atoms with Crippen LogP contribution in [-0.2, 0) is 10.0 Å². The van der Waals surface area contributed by atoms with Gasteiger partial charge in [0.1, 0.15) is 0 Å². The van der Waals surface area contributed by atoms with Crippen LogP contribution >= 0.6 is 0 Å². The van der Waals surface area contributed by atoms with Crippen LogP contribution in [-0.4, -0.2) is 33.8 Å². The van der Waals surface area contributed by atoms with Gasteiger partial charge < -0.3 is 5.32 Å². The van der Waals surface area contributed by atoms with Gasteiger partial charge in [-0.05, 0) is 51.1 Å². The predicted octanol–water partition coefficient (Wildman–Crippen LogP) is 1.48. The van der Waals surface area contributed by atoms with E-state index in [4.69, 9.17) is 0 Å². The molecule has 1 rings (SSSR count). The molecule has 0 saturated heterocycles. The zero-order chi connectivity index (χ0) is 12.9. The average molecular weight is 262 g/mol. The Labute approximate surface area is 106 Å². The van der Waals surface area contributed by atoms with Crippen molar-refractivity contribution in [2.24, 2.45) is 5.41 Å². The van der Waals surface area contributed by atoms with E-state index >= 15 is 0 Å². The summed E-state index contributed by atoms with van der Waals surface area (Å²) in [6, 6.07) is 0.152. The molecular formula is C12H26N2O2S. The van der Waals surface area contributed by atoms with Crippen LogP contribution in [0.4, 0.5) is 0 Å². The van der Waals surface area contributed by atoms with Crippen molar-refractivity contribution in [2.75, 3.05) is 19.3 Å². The number of sulfonamides is 1. The Bertz CT molecular complexity index is 325. The average Bonchev–Trinajstić information content (AvgIpc) is 2.52. The Kier molecular flexibility index (Phi) is 5.41. The lowest BCUT2D eigenvalue weighted by Crippen LogP contribution is -2.35. The summed E-state index contributed by atoms with van der Waals surface area (Å²) in [7, 11) is -1.19. The van der Waals surface area contributed by atoms with E-state index in [9.17, 15) is 8.42 Å². The molecule has 0 aliphatic heterocycles. The first-order chi connectivity index (χ1) is 7.85. The molecule has 1 atom stereocenters. The van der Waals surface area contributed by atoms with Gasteiger partial charge in [0.25, 0.3) is 0 Å². The quantitative estimate of drug-likeness (QED) is 0.683. The number of hydrogen-bond acceptors (Lipinski definition) is 3. The molecule has 0 aromatic heterocycles. The Balaban J connectivity index is 2.30. The molecule has 4 nitrogen and oxygen atoms in total. The molecule has 0 aromatic carbocycles. The molecule has 0 radical (unpaired) electrons.